The van der Waals surface area contributed by atoms with Gasteiger partial charge in [-0.05, 0) is 25.2 Å². The molecule has 2 unspecified atom stereocenters. The number of aliphatic hydroxyl groups is 1. The molecule has 1 spiro atoms. The van der Waals surface area contributed by atoms with Gasteiger partial charge in [0.1, 0.15) is 11.6 Å². The topological polar surface area (TPSA) is 107 Å². The van der Waals surface area contributed by atoms with Crippen molar-refractivity contribution in [1.82, 2.24) is 9.80 Å². The van der Waals surface area contributed by atoms with Gasteiger partial charge in [-0.25, -0.2) is 0 Å². The highest BCUT2D eigenvalue weighted by atomic mass is 16.5. The normalized spacial score (nSPS) is 32.6. The lowest BCUT2D eigenvalue weighted by atomic mass is 9.70. The molecule has 3 aliphatic rings. The number of aliphatic carboxylic acids is 1. The Kier molecular flexibility index (Phi) is 7.65. The van der Waals surface area contributed by atoms with Crippen LogP contribution in [0.4, 0.5) is 0 Å². The number of nitrogens with zero attached hydrogens (tertiary/aromatic N) is 2. The summed E-state index contributed by atoms with van der Waals surface area (Å²) in [5.74, 6) is -3.57. The molecular weight excluding hydrogens is 412 g/mol. The zero-order chi connectivity index (χ0) is 23.6. The second kappa shape index (κ2) is 9.91. The van der Waals surface area contributed by atoms with Gasteiger partial charge in [-0.1, -0.05) is 46.1 Å². The van der Waals surface area contributed by atoms with Crippen molar-refractivity contribution in [2.75, 3.05) is 19.7 Å². The quantitative estimate of drug-likeness (QED) is 0.348. The molecule has 0 radical (unpaired) electrons. The van der Waals surface area contributed by atoms with Crippen molar-refractivity contribution in [2.24, 2.45) is 17.8 Å². The van der Waals surface area contributed by atoms with E-state index in [0.29, 0.717) is 32.4 Å². The first-order valence-corrected chi connectivity index (χ1v) is 12.0. The third-order valence-electron chi connectivity index (χ3n) is 7.80. The molecule has 0 saturated carbocycles. The fourth-order valence-corrected chi connectivity index (χ4v) is 6.00. The van der Waals surface area contributed by atoms with Crippen LogP contribution in [-0.4, -0.2) is 81.3 Å². The molecule has 8 heteroatoms. The Balaban J connectivity index is 2.05. The number of unbranched alkanes of at least 4 members (excludes halogenated alkanes) is 2. The highest BCUT2D eigenvalue weighted by Gasteiger charge is 2.75. The fraction of sp³-hybridized carbons (Fsp3) is 0.792. The van der Waals surface area contributed by atoms with E-state index in [2.05, 4.69) is 13.5 Å². The minimum Gasteiger partial charge on any atom is -0.481 e. The standard InChI is InChI=1S/C24H38N2O6/c1-5-8-9-13-25(12-6-2)22(29)20-24-11-10-17(32-24)18(23(30)31)19(24)21(28)26(20)16(14-27)15(4)7-3/h6,15-20,27H,2,5,7-14H2,1,3-4H3,(H,30,31)/t15-,16-,17+,18-,19-,20?,24?/m0/s1. The summed E-state index contributed by atoms with van der Waals surface area (Å²) in [4.78, 5) is 43.0. The van der Waals surface area contributed by atoms with Crippen LogP contribution in [0.1, 0.15) is 59.3 Å². The predicted molar refractivity (Wildman–Crippen MR) is 119 cm³/mol. The lowest BCUT2D eigenvalue weighted by Gasteiger charge is -2.41. The van der Waals surface area contributed by atoms with Gasteiger partial charge in [0.15, 0.2) is 0 Å². The number of carbonyl (C=O) groups excluding carboxylic acids is 2. The van der Waals surface area contributed by atoms with E-state index in [1.165, 1.54) is 4.90 Å². The number of hydrogen-bond donors (Lipinski definition) is 2. The molecule has 3 saturated heterocycles. The molecule has 0 aromatic carbocycles. The van der Waals surface area contributed by atoms with Crippen LogP contribution in [0.25, 0.3) is 0 Å². The van der Waals surface area contributed by atoms with Crippen LogP contribution in [0.5, 0.6) is 0 Å². The van der Waals surface area contributed by atoms with E-state index in [9.17, 15) is 24.6 Å². The predicted octanol–water partition coefficient (Wildman–Crippen LogP) is 2.06. The van der Waals surface area contributed by atoms with E-state index in [-0.39, 0.29) is 24.3 Å². The van der Waals surface area contributed by atoms with Crippen molar-refractivity contribution in [3.05, 3.63) is 12.7 Å². The Morgan fingerprint density at radius 2 is 2.09 bits per heavy atom. The highest BCUT2D eigenvalue weighted by Crippen LogP contribution is 2.59. The first kappa shape index (κ1) is 24.7. The lowest BCUT2D eigenvalue weighted by molar-refractivity contribution is -0.154. The van der Waals surface area contributed by atoms with E-state index >= 15 is 0 Å². The van der Waals surface area contributed by atoms with Crippen molar-refractivity contribution in [3.8, 4) is 0 Å². The lowest BCUT2D eigenvalue weighted by Crippen LogP contribution is -2.59. The van der Waals surface area contributed by atoms with Gasteiger partial charge in [0.2, 0.25) is 11.8 Å². The van der Waals surface area contributed by atoms with Crippen molar-refractivity contribution >= 4 is 17.8 Å². The van der Waals surface area contributed by atoms with Crippen LogP contribution in [0.3, 0.4) is 0 Å². The van der Waals surface area contributed by atoms with Crippen molar-refractivity contribution < 1.29 is 29.3 Å². The van der Waals surface area contributed by atoms with Crippen molar-refractivity contribution in [2.45, 2.75) is 83.1 Å². The Morgan fingerprint density at radius 3 is 2.66 bits per heavy atom. The SMILES string of the molecule is C=CCN(CCCCC)C(=O)C1N([C@@H](CO)[C@@H](C)CC)C(=O)[C@@H]2[C@@H](C(=O)O)[C@H]3CCC12O3. The smallest absolute Gasteiger partial charge is 0.310 e. The van der Waals surface area contributed by atoms with Crippen LogP contribution in [0.15, 0.2) is 12.7 Å². The van der Waals surface area contributed by atoms with Gasteiger partial charge in [0.05, 0.1) is 30.6 Å². The maximum Gasteiger partial charge on any atom is 0.310 e. The molecule has 32 heavy (non-hydrogen) atoms. The maximum atomic E-state index is 14.0. The summed E-state index contributed by atoms with van der Waals surface area (Å²) in [5, 5.41) is 20.1. The summed E-state index contributed by atoms with van der Waals surface area (Å²) in [6, 6.07) is -1.50. The monoisotopic (exact) mass is 450 g/mol. The summed E-state index contributed by atoms with van der Waals surface area (Å²) in [7, 11) is 0. The van der Waals surface area contributed by atoms with Crippen LogP contribution in [0, 0.1) is 17.8 Å². The van der Waals surface area contributed by atoms with Crippen molar-refractivity contribution in [1.29, 1.82) is 0 Å². The second-order valence-corrected chi connectivity index (χ2v) is 9.56. The highest BCUT2D eigenvalue weighted by molar-refractivity contribution is 5.98. The molecule has 2 N–H and O–H groups in total. The molecule has 0 aromatic rings. The minimum absolute atomic E-state index is 0.0529. The number of likely N-dealkylation sites (tertiary alicyclic amines) is 1. The van der Waals surface area contributed by atoms with Gasteiger partial charge in [0.25, 0.3) is 0 Å². The van der Waals surface area contributed by atoms with Gasteiger partial charge in [-0.15, -0.1) is 6.58 Å². The van der Waals surface area contributed by atoms with E-state index in [0.717, 1.165) is 19.3 Å². The van der Waals surface area contributed by atoms with Crippen LogP contribution in [0.2, 0.25) is 0 Å². The van der Waals surface area contributed by atoms with Gasteiger partial charge in [-0.2, -0.15) is 0 Å². The number of fused-ring (bicyclic) bond motifs is 1. The average molecular weight is 451 g/mol. The van der Waals surface area contributed by atoms with Crippen LogP contribution < -0.4 is 0 Å². The van der Waals surface area contributed by atoms with E-state index in [4.69, 9.17) is 4.74 Å². The van der Waals surface area contributed by atoms with E-state index in [1.807, 2.05) is 13.8 Å². The molecule has 0 aromatic heterocycles. The Hall–Kier alpha value is -1.93. The minimum atomic E-state index is -1.15. The number of carbonyl (C=O) groups is 3. The van der Waals surface area contributed by atoms with Gasteiger partial charge < -0.3 is 24.7 Å². The number of aliphatic hydroxyl groups excluding tert-OH is 1. The third kappa shape index (κ3) is 3.85. The molecule has 3 aliphatic heterocycles. The molecule has 0 aliphatic carbocycles. The molecule has 2 bridgehead atoms. The average Bonchev–Trinajstić information content (AvgIpc) is 3.41. The second-order valence-electron chi connectivity index (χ2n) is 9.56. The molecule has 180 valence electrons. The van der Waals surface area contributed by atoms with Gasteiger partial charge >= 0.3 is 5.97 Å². The van der Waals surface area contributed by atoms with Crippen LogP contribution in [-0.2, 0) is 19.1 Å². The number of rotatable bonds is 12. The Bertz CT molecular complexity index is 742. The molecule has 3 fully saturated rings. The molecule has 8 nitrogen and oxygen atoms in total. The third-order valence-corrected chi connectivity index (χ3v) is 7.80. The fourth-order valence-electron chi connectivity index (χ4n) is 6.00. The summed E-state index contributed by atoms with van der Waals surface area (Å²) >= 11 is 0. The molecule has 3 rings (SSSR count). The van der Waals surface area contributed by atoms with Gasteiger partial charge in [0, 0.05) is 13.1 Å². The number of ether oxygens (including phenoxy) is 1. The number of hydrogen-bond acceptors (Lipinski definition) is 5. The molecule has 2 amide bonds. The number of amides is 2. The largest absolute Gasteiger partial charge is 0.481 e. The van der Waals surface area contributed by atoms with E-state index in [1.54, 1.807) is 11.0 Å². The summed E-state index contributed by atoms with van der Waals surface area (Å²) in [6.45, 7) is 10.4. The summed E-state index contributed by atoms with van der Waals surface area (Å²) < 4.78 is 6.26. The zero-order valence-corrected chi connectivity index (χ0v) is 19.5. The van der Waals surface area contributed by atoms with Gasteiger partial charge in [-0.3, -0.25) is 14.4 Å². The van der Waals surface area contributed by atoms with Crippen molar-refractivity contribution in [3.63, 3.8) is 0 Å². The first-order chi connectivity index (χ1) is 15.3. The van der Waals surface area contributed by atoms with Crippen LogP contribution >= 0.6 is 0 Å². The van der Waals surface area contributed by atoms with E-state index < -0.39 is 41.6 Å². The molecule has 7 atom stereocenters. The zero-order valence-electron chi connectivity index (χ0n) is 19.5. The Labute approximate surface area is 190 Å². The molecule has 3 heterocycles. The summed E-state index contributed by atoms with van der Waals surface area (Å²) in [5.41, 5.74) is -1.15. The maximum absolute atomic E-state index is 14.0. The number of carboxylic acids is 1. The number of carboxylic acid groups (broad SMARTS) is 1. The Morgan fingerprint density at radius 1 is 1.38 bits per heavy atom. The molecular formula is C24H38N2O6. The summed E-state index contributed by atoms with van der Waals surface area (Å²) in [6.07, 6.45) is 5.66. The first-order valence-electron chi connectivity index (χ1n) is 12.0.